The van der Waals surface area contributed by atoms with Gasteiger partial charge in [0.1, 0.15) is 23.4 Å². The van der Waals surface area contributed by atoms with E-state index in [0.29, 0.717) is 17.5 Å². The molecular formula is C19H17F4NO3. The lowest BCUT2D eigenvalue weighted by atomic mass is 9.88. The van der Waals surface area contributed by atoms with Gasteiger partial charge >= 0.3 is 6.61 Å². The highest BCUT2D eigenvalue weighted by Crippen LogP contribution is 2.38. The minimum absolute atomic E-state index is 0.0376. The number of Topliss-reactive ketones (excluding diaryl/α,β-unsaturated/α-hetero) is 1. The van der Waals surface area contributed by atoms with E-state index in [2.05, 4.69) is 9.72 Å². The topological polar surface area (TPSA) is 48.4 Å². The predicted octanol–water partition coefficient (Wildman–Crippen LogP) is 4.41. The van der Waals surface area contributed by atoms with Gasteiger partial charge in [0.05, 0.1) is 6.61 Å². The number of benzene rings is 1. The summed E-state index contributed by atoms with van der Waals surface area (Å²) in [5.41, 5.74) is 1.04. The van der Waals surface area contributed by atoms with E-state index in [4.69, 9.17) is 4.74 Å². The van der Waals surface area contributed by atoms with Gasteiger partial charge in [0.15, 0.2) is 5.78 Å². The molecule has 0 N–H and O–H groups in total. The zero-order chi connectivity index (χ0) is 19.7. The lowest BCUT2D eigenvalue weighted by Gasteiger charge is -2.32. The van der Waals surface area contributed by atoms with Gasteiger partial charge in [0, 0.05) is 24.1 Å². The monoisotopic (exact) mass is 383 g/mol. The molecule has 1 aliphatic heterocycles. The summed E-state index contributed by atoms with van der Waals surface area (Å²) in [5.74, 6) is -2.02. The molecule has 2 aromatic rings. The molecule has 2 heterocycles. The molecule has 4 nitrogen and oxygen atoms in total. The van der Waals surface area contributed by atoms with E-state index in [-0.39, 0.29) is 35.4 Å². The van der Waals surface area contributed by atoms with E-state index in [0.717, 1.165) is 12.1 Å². The molecule has 8 heteroatoms. The van der Waals surface area contributed by atoms with Crippen molar-refractivity contribution in [3.05, 3.63) is 47.2 Å². The lowest BCUT2D eigenvalue weighted by molar-refractivity contribution is -0.150. The van der Waals surface area contributed by atoms with Crippen LogP contribution in [-0.4, -0.2) is 30.1 Å². The number of alkyl halides is 2. The van der Waals surface area contributed by atoms with Gasteiger partial charge in [0.25, 0.3) is 0 Å². The first-order valence-corrected chi connectivity index (χ1v) is 8.33. The molecular weight excluding hydrogens is 366 g/mol. The second-order valence-corrected chi connectivity index (χ2v) is 6.45. The molecule has 0 fully saturated rings. The number of hydrogen-bond acceptors (Lipinski definition) is 4. The number of rotatable bonds is 5. The lowest BCUT2D eigenvalue weighted by Crippen LogP contribution is -2.36. The number of ether oxygens (including phenoxy) is 2. The fourth-order valence-electron chi connectivity index (χ4n) is 3.05. The van der Waals surface area contributed by atoms with Gasteiger partial charge in [-0.25, -0.2) is 13.8 Å². The molecule has 1 aromatic carbocycles. The Morgan fingerprint density at radius 3 is 2.67 bits per heavy atom. The smallest absolute Gasteiger partial charge is 0.345 e. The molecule has 27 heavy (non-hydrogen) atoms. The summed E-state index contributed by atoms with van der Waals surface area (Å²) in [4.78, 5) is 16.0. The maximum absolute atomic E-state index is 14.3. The molecule has 0 unspecified atom stereocenters. The van der Waals surface area contributed by atoms with Crippen LogP contribution in [0.15, 0.2) is 24.3 Å². The van der Waals surface area contributed by atoms with Crippen molar-refractivity contribution >= 4 is 5.78 Å². The van der Waals surface area contributed by atoms with Gasteiger partial charge in [-0.3, -0.25) is 4.79 Å². The Bertz CT molecular complexity index is 872. The van der Waals surface area contributed by atoms with Crippen molar-refractivity contribution in [1.29, 1.82) is 0 Å². The average Bonchev–Trinajstić information content (AvgIpc) is 2.59. The summed E-state index contributed by atoms with van der Waals surface area (Å²) in [6.07, 6.45) is -0.337. The number of aromatic nitrogens is 1. The highest BCUT2D eigenvalue weighted by Gasteiger charge is 2.32. The highest BCUT2D eigenvalue weighted by atomic mass is 19.3. The van der Waals surface area contributed by atoms with Crippen LogP contribution in [0, 0.1) is 17.6 Å². The molecule has 0 bridgehead atoms. The minimum Gasteiger partial charge on any atom is -0.471 e. The van der Waals surface area contributed by atoms with Crippen LogP contribution in [-0.2, 0) is 11.2 Å². The molecule has 0 amide bonds. The third-order valence-corrected chi connectivity index (χ3v) is 4.48. The Morgan fingerprint density at radius 2 is 2.04 bits per heavy atom. The van der Waals surface area contributed by atoms with Gasteiger partial charge in [-0.2, -0.15) is 8.78 Å². The first-order valence-electron chi connectivity index (χ1n) is 8.33. The van der Waals surface area contributed by atoms with Crippen molar-refractivity contribution < 1.29 is 31.8 Å². The van der Waals surface area contributed by atoms with Crippen LogP contribution in [0.25, 0.3) is 11.1 Å². The number of pyridine rings is 1. The molecule has 0 aliphatic carbocycles. The third-order valence-electron chi connectivity index (χ3n) is 4.48. The fraction of sp³-hybridized carbons (Fsp3) is 0.368. The van der Waals surface area contributed by atoms with Crippen LogP contribution < -0.4 is 4.74 Å². The Balaban J connectivity index is 2.07. The van der Waals surface area contributed by atoms with Crippen LogP contribution in [0.5, 0.6) is 5.88 Å². The van der Waals surface area contributed by atoms with Crippen LogP contribution >= 0.6 is 0 Å². The Hall–Kier alpha value is -2.48. The van der Waals surface area contributed by atoms with Gasteiger partial charge in [-0.05, 0) is 36.1 Å². The van der Waals surface area contributed by atoms with Crippen LogP contribution in [0.2, 0.25) is 0 Å². The molecule has 3 rings (SSSR count). The minimum atomic E-state index is -2.93. The van der Waals surface area contributed by atoms with Crippen LogP contribution in [0.3, 0.4) is 0 Å². The number of hydrogen-bond donors (Lipinski definition) is 0. The van der Waals surface area contributed by atoms with Crippen molar-refractivity contribution in [3.8, 4) is 17.0 Å². The van der Waals surface area contributed by atoms with Crippen LogP contribution in [0.1, 0.15) is 29.9 Å². The number of carbonyl (C=O) groups excluding carboxylic acids is 1. The van der Waals surface area contributed by atoms with Crippen molar-refractivity contribution in [1.82, 2.24) is 4.98 Å². The highest BCUT2D eigenvalue weighted by molar-refractivity contribution is 5.94. The fourth-order valence-corrected chi connectivity index (χ4v) is 3.05. The Morgan fingerprint density at radius 1 is 1.30 bits per heavy atom. The van der Waals surface area contributed by atoms with Crippen molar-refractivity contribution in [2.75, 3.05) is 6.61 Å². The number of nitrogens with zero attached hydrogens (tertiary/aromatic N) is 1. The first kappa shape index (κ1) is 19.3. The Kier molecular flexibility index (Phi) is 5.46. The van der Waals surface area contributed by atoms with E-state index in [9.17, 15) is 22.4 Å². The summed E-state index contributed by atoms with van der Waals surface area (Å²) >= 11 is 0. The van der Waals surface area contributed by atoms with E-state index in [1.807, 2.05) is 0 Å². The number of halogens is 4. The molecule has 0 saturated carbocycles. The normalized spacial score (nSPS) is 18.9. The van der Waals surface area contributed by atoms with Gasteiger partial charge in [-0.1, -0.05) is 6.92 Å². The van der Waals surface area contributed by atoms with E-state index >= 15 is 0 Å². The molecule has 2 atom stereocenters. The summed E-state index contributed by atoms with van der Waals surface area (Å²) in [7, 11) is 0. The molecule has 1 aromatic heterocycles. The maximum Gasteiger partial charge on any atom is 0.345 e. The maximum atomic E-state index is 14.3. The standard InChI is InChI=1S/C19H17F4NO3/c1-9-5-14-13(12-4-3-11(20)6-15(12)21)7-16(10(2)25)24-18(14)27-17(9)8-26-19(22)23/h3-4,6-7,9,17,19H,5,8H2,1-2H3/t9-,17-/m1/s1. The zero-order valence-corrected chi connectivity index (χ0v) is 14.6. The summed E-state index contributed by atoms with van der Waals surface area (Å²) in [6.45, 7) is -0.193. The summed E-state index contributed by atoms with van der Waals surface area (Å²) in [5, 5.41) is 0. The predicted molar refractivity (Wildman–Crippen MR) is 88.8 cm³/mol. The molecule has 1 aliphatic rings. The van der Waals surface area contributed by atoms with Crippen LogP contribution in [0.4, 0.5) is 17.6 Å². The second kappa shape index (κ2) is 7.64. The largest absolute Gasteiger partial charge is 0.471 e. The quantitative estimate of drug-likeness (QED) is 0.567. The van der Waals surface area contributed by atoms with E-state index in [1.54, 1.807) is 6.92 Å². The van der Waals surface area contributed by atoms with Gasteiger partial charge < -0.3 is 9.47 Å². The number of fused-ring (bicyclic) bond motifs is 1. The third kappa shape index (κ3) is 4.10. The number of carbonyl (C=O) groups is 1. The second-order valence-electron chi connectivity index (χ2n) is 6.45. The van der Waals surface area contributed by atoms with Crippen molar-refractivity contribution in [2.45, 2.75) is 33.0 Å². The average molecular weight is 383 g/mol. The van der Waals surface area contributed by atoms with E-state index < -0.39 is 24.3 Å². The Labute approximate surface area is 153 Å². The van der Waals surface area contributed by atoms with E-state index in [1.165, 1.54) is 19.1 Å². The first-order chi connectivity index (χ1) is 12.8. The zero-order valence-electron chi connectivity index (χ0n) is 14.6. The molecule has 0 saturated heterocycles. The van der Waals surface area contributed by atoms with Crippen molar-refractivity contribution in [3.63, 3.8) is 0 Å². The number of ketones is 1. The molecule has 0 radical (unpaired) electrons. The summed E-state index contributed by atoms with van der Waals surface area (Å²) < 4.78 is 62.3. The van der Waals surface area contributed by atoms with Crippen molar-refractivity contribution in [2.24, 2.45) is 5.92 Å². The SMILES string of the molecule is CC(=O)c1cc(-c2ccc(F)cc2F)c2c(n1)O[C@H](COC(F)F)[C@H](C)C2. The molecule has 144 valence electrons. The van der Waals surface area contributed by atoms with Gasteiger partial charge in [0.2, 0.25) is 5.88 Å². The molecule has 0 spiro atoms. The van der Waals surface area contributed by atoms with Gasteiger partial charge in [-0.15, -0.1) is 0 Å². The summed E-state index contributed by atoms with van der Waals surface area (Å²) in [6, 6.07) is 4.58.